The second-order valence-corrected chi connectivity index (χ2v) is 4.39. The number of aromatic nitrogens is 1. The molecule has 110 valence electrons. The summed E-state index contributed by atoms with van der Waals surface area (Å²) in [6.45, 7) is 1.86. The lowest BCUT2D eigenvalue weighted by molar-refractivity contribution is 0.0512. The van der Waals surface area contributed by atoms with Gasteiger partial charge in [0.1, 0.15) is 5.56 Å². The van der Waals surface area contributed by atoms with Crippen molar-refractivity contribution >= 4 is 17.6 Å². The highest BCUT2D eigenvalue weighted by Crippen LogP contribution is 2.26. The molecule has 0 radical (unpaired) electrons. The molecule has 0 aliphatic carbocycles. The number of esters is 1. The summed E-state index contributed by atoms with van der Waals surface area (Å²) in [5, 5.41) is 12.7. The van der Waals surface area contributed by atoms with Crippen LogP contribution in [0, 0.1) is 0 Å². The minimum atomic E-state index is -0.670. The minimum Gasteiger partial charge on any atom is -0.505 e. The summed E-state index contributed by atoms with van der Waals surface area (Å²) in [5.74, 6) is -1.55. The predicted octanol–water partition coefficient (Wildman–Crippen LogP) is 2.16. The van der Waals surface area contributed by atoms with Crippen molar-refractivity contribution in [1.29, 1.82) is 0 Å². The van der Waals surface area contributed by atoms with Gasteiger partial charge in [0.05, 0.1) is 6.61 Å². The lowest BCUT2D eigenvalue weighted by Gasteiger charge is -2.04. The molecule has 0 aliphatic heterocycles. The molecule has 1 aromatic carbocycles. The zero-order valence-corrected chi connectivity index (χ0v) is 11.8. The van der Waals surface area contributed by atoms with E-state index in [-0.39, 0.29) is 23.6 Å². The van der Waals surface area contributed by atoms with E-state index in [1.165, 1.54) is 10.8 Å². The highest BCUT2D eigenvalue weighted by Gasteiger charge is 2.24. The van der Waals surface area contributed by atoms with Crippen LogP contribution >= 0.6 is 0 Å². The van der Waals surface area contributed by atoms with Crippen molar-refractivity contribution in [2.75, 3.05) is 11.9 Å². The van der Waals surface area contributed by atoms with E-state index in [0.29, 0.717) is 5.69 Å². The summed E-state index contributed by atoms with van der Waals surface area (Å²) < 4.78 is 6.22. The fourth-order valence-electron chi connectivity index (χ4n) is 1.94. The Hall–Kier alpha value is -2.76. The Balaban J connectivity index is 2.27. The fraction of sp³-hybridized carbons (Fsp3) is 0.200. The molecule has 2 rings (SSSR count). The van der Waals surface area contributed by atoms with Gasteiger partial charge in [0, 0.05) is 18.9 Å². The monoisotopic (exact) mass is 288 g/mol. The number of anilines is 1. The lowest BCUT2D eigenvalue weighted by Crippen LogP contribution is -2.11. The van der Waals surface area contributed by atoms with Crippen LogP contribution in [0.3, 0.4) is 0 Å². The van der Waals surface area contributed by atoms with Crippen molar-refractivity contribution in [2.24, 2.45) is 7.05 Å². The fourth-order valence-corrected chi connectivity index (χ4v) is 1.94. The van der Waals surface area contributed by atoms with Crippen molar-refractivity contribution in [2.45, 2.75) is 6.92 Å². The molecule has 0 bridgehead atoms. The van der Waals surface area contributed by atoms with Crippen LogP contribution in [0.15, 0.2) is 36.5 Å². The molecule has 0 fully saturated rings. The van der Waals surface area contributed by atoms with E-state index in [1.807, 2.05) is 6.07 Å². The van der Waals surface area contributed by atoms with Crippen LogP contribution in [0.2, 0.25) is 0 Å². The van der Waals surface area contributed by atoms with Crippen LogP contribution in [-0.4, -0.2) is 28.2 Å². The van der Waals surface area contributed by atoms with Crippen molar-refractivity contribution in [1.82, 2.24) is 4.57 Å². The highest BCUT2D eigenvalue weighted by molar-refractivity contribution is 6.08. The van der Waals surface area contributed by atoms with Gasteiger partial charge in [-0.15, -0.1) is 0 Å². The summed E-state index contributed by atoms with van der Waals surface area (Å²) in [6.07, 6.45) is 1.39. The average molecular weight is 288 g/mol. The van der Waals surface area contributed by atoms with Gasteiger partial charge in [0.2, 0.25) is 0 Å². The number of hydrogen-bond acceptors (Lipinski definition) is 4. The van der Waals surface area contributed by atoms with Gasteiger partial charge in [-0.25, -0.2) is 4.79 Å². The normalized spacial score (nSPS) is 10.2. The molecule has 0 saturated heterocycles. The number of aromatic hydroxyl groups is 1. The van der Waals surface area contributed by atoms with E-state index in [0.717, 1.165) is 0 Å². The molecule has 1 aromatic heterocycles. The van der Waals surface area contributed by atoms with Crippen molar-refractivity contribution in [3.8, 4) is 5.75 Å². The first-order chi connectivity index (χ1) is 10.0. The number of benzene rings is 1. The number of carbonyl (C=O) groups is 2. The van der Waals surface area contributed by atoms with Crippen molar-refractivity contribution < 1.29 is 19.4 Å². The van der Waals surface area contributed by atoms with Gasteiger partial charge in [0.25, 0.3) is 5.91 Å². The summed E-state index contributed by atoms with van der Waals surface area (Å²) >= 11 is 0. The number of nitrogens with one attached hydrogen (secondary N) is 1. The smallest absolute Gasteiger partial charge is 0.358 e. The molecule has 2 aromatic rings. The van der Waals surface area contributed by atoms with Crippen molar-refractivity contribution in [3.05, 3.63) is 47.8 Å². The van der Waals surface area contributed by atoms with Crippen LogP contribution in [-0.2, 0) is 11.8 Å². The Morgan fingerprint density at radius 1 is 1.29 bits per heavy atom. The number of hydrogen-bond donors (Lipinski definition) is 2. The first-order valence-electron chi connectivity index (χ1n) is 6.46. The molecule has 0 saturated carbocycles. The number of nitrogens with zero attached hydrogens (tertiary/aromatic N) is 1. The SMILES string of the molecule is CCOC(=O)c1c(O)c(C(=O)Nc2ccccc2)cn1C. The third-order valence-corrected chi connectivity index (χ3v) is 2.90. The van der Waals surface area contributed by atoms with E-state index in [2.05, 4.69) is 5.32 Å². The number of ether oxygens (including phenoxy) is 1. The number of rotatable bonds is 4. The van der Waals surface area contributed by atoms with Crippen LogP contribution < -0.4 is 5.32 Å². The van der Waals surface area contributed by atoms with Gasteiger partial charge >= 0.3 is 5.97 Å². The number of carbonyl (C=O) groups excluding carboxylic acids is 2. The van der Waals surface area contributed by atoms with Gasteiger partial charge in [0.15, 0.2) is 11.4 Å². The Kier molecular flexibility index (Phi) is 4.27. The molecule has 6 nitrogen and oxygen atoms in total. The number of aryl methyl sites for hydroxylation is 1. The average Bonchev–Trinajstić information content (AvgIpc) is 2.75. The summed E-state index contributed by atoms with van der Waals surface area (Å²) in [6, 6.07) is 8.85. The zero-order valence-electron chi connectivity index (χ0n) is 11.8. The van der Waals surface area contributed by atoms with Crippen LogP contribution in [0.5, 0.6) is 5.75 Å². The first kappa shape index (κ1) is 14.6. The molecule has 0 spiro atoms. The summed E-state index contributed by atoms with van der Waals surface area (Å²) in [5.41, 5.74) is 0.572. The molecule has 6 heteroatoms. The second-order valence-electron chi connectivity index (χ2n) is 4.39. The molecule has 21 heavy (non-hydrogen) atoms. The minimum absolute atomic E-state index is 0.0180. The van der Waals surface area contributed by atoms with Crippen molar-refractivity contribution in [3.63, 3.8) is 0 Å². The van der Waals surface area contributed by atoms with Gasteiger partial charge in [-0.1, -0.05) is 18.2 Å². The van der Waals surface area contributed by atoms with E-state index in [9.17, 15) is 14.7 Å². The highest BCUT2D eigenvalue weighted by atomic mass is 16.5. The third kappa shape index (κ3) is 3.05. The topological polar surface area (TPSA) is 80.6 Å². The van der Waals surface area contributed by atoms with E-state index >= 15 is 0 Å². The maximum Gasteiger partial charge on any atom is 0.358 e. The molecule has 0 unspecified atom stereocenters. The summed E-state index contributed by atoms with van der Waals surface area (Å²) in [7, 11) is 1.56. The summed E-state index contributed by atoms with van der Waals surface area (Å²) in [4.78, 5) is 23.9. The standard InChI is InChI=1S/C15H16N2O4/c1-3-21-15(20)12-13(18)11(9-17(12)2)14(19)16-10-7-5-4-6-8-10/h4-9,18H,3H2,1-2H3,(H,16,19). The number of para-hydroxylation sites is 1. The van der Waals surface area contributed by atoms with Crippen LogP contribution in [0.1, 0.15) is 27.8 Å². The Morgan fingerprint density at radius 3 is 2.57 bits per heavy atom. The number of amides is 1. The van der Waals surface area contributed by atoms with E-state index in [4.69, 9.17) is 4.74 Å². The molecule has 2 N–H and O–H groups in total. The van der Waals surface area contributed by atoms with Crippen LogP contribution in [0.4, 0.5) is 5.69 Å². The van der Waals surface area contributed by atoms with Gasteiger partial charge in [-0.05, 0) is 19.1 Å². The van der Waals surface area contributed by atoms with E-state index < -0.39 is 11.9 Å². The Bertz CT molecular complexity index is 662. The largest absolute Gasteiger partial charge is 0.505 e. The van der Waals surface area contributed by atoms with Gasteiger partial charge in [-0.2, -0.15) is 0 Å². The maximum absolute atomic E-state index is 12.1. The Labute approximate surface area is 122 Å². The zero-order chi connectivity index (χ0) is 15.4. The molecule has 0 aliphatic rings. The maximum atomic E-state index is 12.1. The Morgan fingerprint density at radius 2 is 1.95 bits per heavy atom. The predicted molar refractivity (Wildman–Crippen MR) is 77.4 cm³/mol. The van der Waals surface area contributed by atoms with Crippen LogP contribution in [0.25, 0.3) is 0 Å². The molecule has 1 heterocycles. The molecular weight excluding hydrogens is 272 g/mol. The molecule has 1 amide bonds. The molecule has 0 atom stereocenters. The first-order valence-corrected chi connectivity index (χ1v) is 6.46. The molecular formula is C15H16N2O4. The third-order valence-electron chi connectivity index (χ3n) is 2.90. The van der Waals surface area contributed by atoms with Gasteiger partial charge in [-0.3, -0.25) is 4.79 Å². The van der Waals surface area contributed by atoms with Gasteiger partial charge < -0.3 is 19.7 Å². The van der Waals surface area contributed by atoms with E-state index in [1.54, 1.807) is 38.2 Å². The quantitative estimate of drug-likeness (QED) is 0.845. The second kappa shape index (κ2) is 6.13. The lowest BCUT2D eigenvalue weighted by atomic mass is 10.2.